The second kappa shape index (κ2) is 5.75. The van der Waals surface area contributed by atoms with Crippen LogP contribution in [-0.4, -0.2) is 27.9 Å². The highest BCUT2D eigenvalue weighted by atomic mass is 32.2. The first kappa shape index (κ1) is 14.1. The SMILES string of the molecule is CCOS(=O)(=O)CC1=Cc2cc(OC)ccc2CC1. The minimum Gasteiger partial charge on any atom is -0.497 e. The molecule has 2 rings (SSSR count). The van der Waals surface area contributed by atoms with Gasteiger partial charge >= 0.3 is 0 Å². The van der Waals surface area contributed by atoms with Gasteiger partial charge in [0, 0.05) is 0 Å². The van der Waals surface area contributed by atoms with Gasteiger partial charge in [0.2, 0.25) is 0 Å². The Balaban J connectivity index is 2.23. The van der Waals surface area contributed by atoms with Crippen LogP contribution < -0.4 is 4.74 Å². The van der Waals surface area contributed by atoms with Crippen LogP contribution in [0.5, 0.6) is 5.75 Å². The molecule has 0 amide bonds. The smallest absolute Gasteiger partial charge is 0.271 e. The van der Waals surface area contributed by atoms with E-state index in [4.69, 9.17) is 8.92 Å². The molecule has 1 aromatic carbocycles. The number of ether oxygens (including phenoxy) is 1. The zero-order valence-corrected chi connectivity index (χ0v) is 12.0. The highest BCUT2D eigenvalue weighted by molar-refractivity contribution is 7.86. The number of rotatable bonds is 5. The number of methoxy groups -OCH3 is 1. The van der Waals surface area contributed by atoms with Crippen LogP contribution in [-0.2, 0) is 20.7 Å². The van der Waals surface area contributed by atoms with Gasteiger partial charge in [0.1, 0.15) is 5.75 Å². The van der Waals surface area contributed by atoms with Crippen LogP contribution in [0, 0.1) is 0 Å². The van der Waals surface area contributed by atoms with E-state index in [0.717, 1.165) is 29.7 Å². The van der Waals surface area contributed by atoms with Gasteiger partial charge in [-0.1, -0.05) is 17.7 Å². The van der Waals surface area contributed by atoms with E-state index in [2.05, 4.69) is 0 Å². The molecule has 0 fully saturated rings. The molecular formula is C14H18O4S. The molecule has 0 saturated heterocycles. The van der Waals surface area contributed by atoms with Gasteiger partial charge in [-0.3, -0.25) is 4.18 Å². The Labute approximate surface area is 114 Å². The predicted molar refractivity (Wildman–Crippen MR) is 74.7 cm³/mol. The lowest BCUT2D eigenvalue weighted by atomic mass is 9.93. The number of hydrogen-bond donors (Lipinski definition) is 0. The topological polar surface area (TPSA) is 52.6 Å². The molecule has 0 aliphatic heterocycles. The predicted octanol–water partition coefficient (Wildman–Crippen LogP) is 2.39. The van der Waals surface area contributed by atoms with Crippen LogP contribution in [0.2, 0.25) is 0 Å². The molecule has 0 spiro atoms. The normalized spacial score (nSPS) is 14.7. The van der Waals surface area contributed by atoms with Gasteiger partial charge < -0.3 is 4.74 Å². The molecule has 19 heavy (non-hydrogen) atoms. The van der Waals surface area contributed by atoms with Gasteiger partial charge in [0.05, 0.1) is 19.5 Å². The first-order valence-electron chi connectivity index (χ1n) is 6.27. The summed E-state index contributed by atoms with van der Waals surface area (Å²) in [5.74, 6) is 0.751. The minimum atomic E-state index is -3.45. The fourth-order valence-corrected chi connectivity index (χ4v) is 3.34. The molecule has 104 valence electrons. The number of hydrogen-bond acceptors (Lipinski definition) is 4. The van der Waals surface area contributed by atoms with Crippen molar-refractivity contribution in [3.05, 3.63) is 34.9 Å². The summed E-state index contributed by atoms with van der Waals surface area (Å²) in [5.41, 5.74) is 3.14. The quantitative estimate of drug-likeness (QED) is 0.778. The van der Waals surface area contributed by atoms with Crippen molar-refractivity contribution in [1.82, 2.24) is 0 Å². The molecule has 0 aromatic heterocycles. The zero-order chi connectivity index (χ0) is 13.9. The summed E-state index contributed by atoms with van der Waals surface area (Å²) in [6.07, 6.45) is 3.54. The van der Waals surface area contributed by atoms with Crippen molar-refractivity contribution >= 4 is 16.2 Å². The average Bonchev–Trinajstić information content (AvgIpc) is 2.37. The molecule has 1 aliphatic carbocycles. The molecule has 0 unspecified atom stereocenters. The zero-order valence-electron chi connectivity index (χ0n) is 11.2. The lowest BCUT2D eigenvalue weighted by Gasteiger charge is -2.17. The average molecular weight is 282 g/mol. The van der Waals surface area contributed by atoms with E-state index in [9.17, 15) is 8.42 Å². The summed E-state index contributed by atoms with van der Waals surface area (Å²) >= 11 is 0. The van der Waals surface area contributed by atoms with E-state index in [1.807, 2.05) is 24.3 Å². The molecule has 0 heterocycles. The van der Waals surface area contributed by atoms with Crippen molar-refractivity contribution in [2.24, 2.45) is 0 Å². The van der Waals surface area contributed by atoms with Gasteiger partial charge in [0.15, 0.2) is 0 Å². The van der Waals surface area contributed by atoms with Crippen LogP contribution in [0.25, 0.3) is 6.08 Å². The number of fused-ring (bicyclic) bond motifs is 1. The Hall–Kier alpha value is -1.33. The van der Waals surface area contributed by atoms with Crippen LogP contribution in [0.4, 0.5) is 0 Å². The van der Waals surface area contributed by atoms with Crippen molar-refractivity contribution in [1.29, 1.82) is 0 Å². The van der Waals surface area contributed by atoms with E-state index < -0.39 is 10.1 Å². The third-order valence-electron chi connectivity index (χ3n) is 3.09. The van der Waals surface area contributed by atoms with Gasteiger partial charge in [-0.2, -0.15) is 8.42 Å². The first-order valence-corrected chi connectivity index (χ1v) is 7.85. The van der Waals surface area contributed by atoms with Crippen molar-refractivity contribution in [2.75, 3.05) is 19.5 Å². The summed E-state index contributed by atoms with van der Waals surface area (Å²) in [6, 6.07) is 5.88. The Bertz CT molecular complexity index is 587. The minimum absolute atomic E-state index is 0.0303. The molecule has 0 bridgehead atoms. The molecule has 4 nitrogen and oxygen atoms in total. The summed E-state index contributed by atoms with van der Waals surface area (Å²) < 4.78 is 33.2. The van der Waals surface area contributed by atoms with Crippen molar-refractivity contribution in [3.63, 3.8) is 0 Å². The lowest BCUT2D eigenvalue weighted by molar-refractivity contribution is 0.339. The molecule has 5 heteroatoms. The van der Waals surface area contributed by atoms with Gasteiger partial charge in [-0.25, -0.2) is 0 Å². The molecular weight excluding hydrogens is 264 g/mol. The van der Waals surface area contributed by atoms with E-state index in [-0.39, 0.29) is 12.4 Å². The highest BCUT2D eigenvalue weighted by Crippen LogP contribution is 2.28. The summed E-state index contributed by atoms with van der Waals surface area (Å²) in [5, 5.41) is 0. The highest BCUT2D eigenvalue weighted by Gasteiger charge is 2.17. The van der Waals surface area contributed by atoms with Gasteiger partial charge in [-0.05, 0) is 43.0 Å². The maximum absolute atomic E-state index is 11.6. The molecule has 0 saturated carbocycles. The molecule has 0 radical (unpaired) electrons. The number of benzene rings is 1. The van der Waals surface area contributed by atoms with E-state index in [1.165, 1.54) is 5.56 Å². The Kier molecular flexibility index (Phi) is 4.27. The Morgan fingerprint density at radius 2 is 2.05 bits per heavy atom. The van der Waals surface area contributed by atoms with Crippen LogP contribution in [0.1, 0.15) is 24.5 Å². The summed E-state index contributed by atoms with van der Waals surface area (Å²) in [6.45, 7) is 1.85. The fourth-order valence-electron chi connectivity index (χ4n) is 2.21. The van der Waals surface area contributed by atoms with Crippen LogP contribution in [0.15, 0.2) is 23.8 Å². The van der Waals surface area contributed by atoms with Crippen molar-refractivity contribution < 1.29 is 17.3 Å². The van der Waals surface area contributed by atoms with E-state index in [0.29, 0.717) is 0 Å². The molecule has 0 N–H and O–H groups in total. The van der Waals surface area contributed by atoms with Gasteiger partial charge in [0.25, 0.3) is 10.1 Å². The standard InChI is InChI=1S/C14H18O4S/c1-3-18-19(15,16)10-11-4-5-12-6-7-14(17-2)9-13(12)8-11/h6-9H,3-5,10H2,1-2H3. The maximum Gasteiger partial charge on any atom is 0.271 e. The second-order valence-electron chi connectivity index (χ2n) is 4.48. The van der Waals surface area contributed by atoms with E-state index in [1.54, 1.807) is 14.0 Å². The fraction of sp³-hybridized carbons (Fsp3) is 0.429. The van der Waals surface area contributed by atoms with Gasteiger partial charge in [-0.15, -0.1) is 0 Å². The third-order valence-corrected chi connectivity index (χ3v) is 4.41. The first-order chi connectivity index (χ1) is 9.04. The largest absolute Gasteiger partial charge is 0.497 e. The van der Waals surface area contributed by atoms with Crippen molar-refractivity contribution in [3.8, 4) is 5.75 Å². The lowest BCUT2D eigenvalue weighted by Crippen LogP contribution is -2.14. The Morgan fingerprint density at radius 3 is 2.74 bits per heavy atom. The summed E-state index contributed by atoms with van der Waals surface area (Å²) in [7, 11) is -1.83. The number of aryl methyl sites for hydroxylation is 1. The third kappa shape index (κ3) is 3.58. The summed E-state index contributed by atoms with van der Waals surface area (Å²) in [4.78, 5) is 0. The van der Waals surface area contributed by atoms with Crippen molar-refractivity contribution in [2.45, 2.75) is 19.8 Å². The maximum atomic E-state index is 11.6. The van der Waals surface area contributed by atoms with E-state index >= 15 is 0 Å². The second-order valence-corrected chi connectivity index (χ2v) is 6.12. The molecule has 0 atom stereocenters. The molecule has 1 aliphatic rings. The monoisotopic (exact) mass is 282 g/mol. The van der Waals surface area contributed by atoms with Crippen LogP contribution in [0.3, 0.4) is 0 Å². The Morgan fingerprint density at radius 1 is 1.26 bits per heavy atom. The molecule has 1 aromatic rings. The van der Waals surface area contributed by atoms with Crippen LogP contribution >= 0.6 is 0 Å².